The summed E-state index contributed by atoms with van der Waals surface area (Å²) in [4.78, 5) is 59.5. The van der Waals surface area contributed by atoms with E-state index in [9.17, 15) is 19.2 Å². The van der Waals surface area contributed by atoms with Gasteiger partial charge < -0.3 is 57.6 Å². The second kappa shape index (κ2) is 28.8. The van der Waals surface area contributed by atoms with Crippen molar-refractivity contribution in [3.8, 4) is 0 Å². The Kier molecular flexibility index (Phi) is 24.4. The summed E-state index contributed by atoms with van der Waals surface area (Å²) in [6, 6.07) is 8.46. The molecule has 19 heteroatoms. The molecule has 78 heavy (non-hydrogen) atoms. The summed E-state index contributed by atoms with van der Waals surface area (Å²) in [5.41, 5.74) is 9.83. The average Bonchev–Trinajstić information content (AvgIpc) is 4.04. The molecular formula is C59H89N6NaO12. The minimum Gasteiger partial charge on any atom is -0.870 e. The molecule has 8 rings (SSSR count). The normalized spacial score (nSPS) is 17.6. The van der Waals surface area contributed by atoms with E-state index in [0.29, 0.717) is 56.4 Å². The number of carbonyl (C=O) groups is 4. The number of fused-ring (bicyclic) bond motifs is 2. The van der Waals surface area contributed by atoms with Crippen molar-refractivity contribution in [1.29, 1.82) is 0 Å². The molecular weight excluding hydrogens is 1010 g/mol. The van der Waals surface area contributed by atoms with Crippen LogP contribution >= 0.6 is 0 Å². The summed E-state index contributed by atoms with van der Waals surface area (Å²) < 4.78 is 38.0. The first-order valence-corrected chi connectivity index (χ1v) is 27.4. The monoisotopic (exact) mass is 1100 g/mol. The van der Waals surface area contributed by atoms with Crippen LogP contribution in [-0.2, 0) is 28.4 Å². The standard InChI is InChI=1S/C29H43N3O5.C29H41N3O5.CH4O.Na.H2O/c2*1-19(2)36-27(33)25-17-24-16-23(22-8-10-31(11-9-22)28(34)37-29(5,6)7)18-32(24)26(20(25)3)21(4)30-12-14-35-15-13-30;1-2;;/h16-19,21-22H,8-15H2,1-7H3;8,16-19,21H,9-15H2,1-7H3;2H,1H3;;1H2/q;;;+1;/p-1. The third-order valence-corrected chi connectivity index (χ3v) is 14.4. The number of nitrogens with zero attached hydrogens (tertiary/aromatic N) is 6. The number of aliphatic hydroxyl groups excluding tert-OH is 1. The van der Waals surface area contributed by atoms with E-state index in [2.05, 4.69) is 63.1 Å². The number of carbonyl (C=O) groups excluding carboxylic acids is 4. The molecule has 4 aromatic heterocycles. The molecule has 4 aliphatic rings. The van der Waals surface area contributed by atoms with Crippen molar-refractivity contribution < 1.29 is 87.7 Å². The number of piperidine rings is 1. The fourth-order valence-corrected chi connectivity index (χ4v) is 10.6. The molecule has 2 atom stereocenters. The first-order valence-electron chi connectivity index (χ1n) is 27.4. The third-order valence-electron chi connectivity index (χ3n) is 14.4. The quantitative estimate of drug-likeness (QED) is 0.0970. The number of morpholine rings is 2. The van der Waals surface area contributed by atoms with Gasteiger partial charge in [0.1, 0.15) is 11.2 Å². The third kappa shape index (κ3) is 16.8. The molecule has 2 N–H and O–H groups in total. The molecule has 4 aliphatic heterocycles. The fourth-order valence-electron chi connectivity index (χ4n) is 10.6. The minimum atomic E-state index is -0.513. The van der Waals surface area contributed by atoms with E-state index in [1.165, 1.54) is 11.1 Å². The number of ether oxygens (including phenoxy) is 6. The van der Waals surface area contributed by atoms with E-state index < -0.39 is 11.2 Å². The van der Waals surface area contributed by atoms with E-state index in [1.54, 1.807) is 4.90 Å². The van der Waals surface area contributed by atoms with Crippen molar-refractivity contribution in [1.82, 2.24) is 28.4 Å². The van der Waals surface area contributed by atoms with Crippen molar-refractivity contribution in [2.45, 2.75) is 158 Å². The number of likely N-dealkylation sites (tertiary alicyclic amines) is 1. The van der Waals surface area contributed by atoms with Crippen LogP contribution in [0.5, 0.6) is 0 Å². The fraction of sp³-hybridized carbons (Fsp3) is 0.627. The van der Waals surface area contributed by atoms with Crippen LogP contribution in [0.2, 0.25) is 0 Å². The summed E-state index contributed by atoms with van der Waals surface area (Å²) in [5, 5.41) is 7.00. The maximum absolute atomic E-state index is 13.1. The molecule has 0 aromatic carbocycles. The Hall–Kier alpha value is -4.50. The summed E-state index contributed by atoms with van der Waals surface area (Å²) in [6.45, 7) is 36.0. The van der Waals surface area contributed by atoms with Crippen LogP contribution < -0.4 is 29.6 Å². The Morgan fingerprint density at radius 2 is 1.03 bits per heavy atom. The predicted molar refractivity (Wildman–Crippen MR) is 297 cm³/mol. The number of hydrogen-bond acceptors (Lipinski definition) is 14. The second-order valence-electron chi connectivity index (χ2n) is 22.9. The summed E-state index contributed by atoms with van der Waals surface area (Å²) in [6.07, 6.45) is 8.12. The van der Waals surface area contributed by atoms with Gasteiger partial charge in [0.05, 0.1) is 49.8 Å². The Morgan fingerprint density at radius 1 is 0.603 bits per heavy atom. The SMILES string of the molecule is CO.Cc1c(C(=O)OC(C)C)cc2cc(C3=CCN(C(=O)OC(C)(C)C)CC3)cn2c1C(C)N1CCOCC1.Cc1c(C(=O)OC(C)C)cc2cc(C3CCN(C(=O)OC(C)(C)C)CC3)cn2c1C(C)N1CCOCC1.[Na+].[OH-]. The molecule has 4 aromatic rings. The van der Waals surface area contributed by atoms with Crippen molar-refractivity contribution in [2.24, 2.45) is 0 Å². The van der Waals surface area contributed by atoms with Crippen LogP contribution in [0.15, 0.2) is 42.7 Å². The summed E-state index contributed by atoms with van der Waals surface area (Å²) in [5.74, 6) is -0.228. The van der Waals surface area contributed by atoms with E-state index in [4.69, 9.17) is 33.5 Å². The second-order valence-corrected chi connectivity index (χ2v) is 22.9. The average molecular weight is 1100 g/mol. The van der Waals surface area contributed by atoms with Crippen molar-refractivity contribution in [3.63, 3.8) is 0 Å². The van der Waals surface area contributed by atoms with E-state index in [0.717, 1.165) is 105 Å². The molecule has 18 nitrogen and oxygen atoms in total. The van der Waals surface area contributed by atoms with Gasteiger partial charge in [0.25, 0.3) is 0 Å². The van der Waals surface area contributed by atoms with Gasteiger partial charge in [-0.1, -0.05) is 6.08 Å². The molecule has 8 heterocycles. The van der Waals surface area contributed by atoms with Crippen LogP contribution in [0.4, 0.5) is 9.59 Å². The smallest absolute Gasteiger partial charge is 0.870 e. The van der Waals surface area contributed by atoms with Crippen LogP contribution in [-0.4, -0.2) is 172 Å². The van der Waals surface area contributed by atoms with Crippen LogP contribution in [0.25, 0.3) is 16.6 Å². The van der Waals surface area contributed by atoms with Gasteiger partial charge in [0, 0.05) is 106 Å². The van der Waals surface area contributed by atoms with E-state index >= 15 is 0 Å². The van der Waals surface area contributed by atoms with Crippen LogP contribution in [0.1, 0.15) is 175 Å². The molecule has 0 radical (unpaired) electrons. The first kappa shape index (κ1) is 66.0. The minimum absolute atomic E-state index is 0. The number of pyridine rings is 2. The van der Waals surface area contributed by atoms with Crippen molar-refractivity contribution in [3.05, 3.63) is 87.5 Å². The zero-order chi connectivity index (χ0) is 55.8. The maximum Gasteiger partial charge on any atom is 1.00 e. The number of rotatable bonds is 10. The molecule has 3 saturated heterocycles. The van der Waals surface area contributed by atoms with E-state index in [1.807, 2.05) is 100 Å². The predicted octanol–water partition coefficient (Wildman–Crippen LogP) is 6.99. The molecule has 2 amide bonds. The van der Waals surface area contributed by atoms with Crippen LogP contribution in [0, 0.1) is 13.8 Å². The molecule has 0 aliphatic carbocycles. The van der Waals surface area contributed by atoms with Gasteiger partial charge >= 0.3 is 53.7 Å². The molecule has 0 spiro atoms. The zero-order valence-corrected chi connectivity index (χ0v) is 51.7. The number of esters is 2. The maximum atomic E-state index is 13.1. The molecule has 2 unspecified atom stereocenters. The number of hydrogen-bond donors (Lipinski definition) is 1. The van der Waals surface area contributed by atoms with E-state index in [-0.39, 0.29) is 83.5 Å². The Bertz CT molecular complexity index is 2680. The topological polar surface area (TPSA) is 196 Å². The molecule has 0 bridgehead atoms. The van der Waals surface area contributed by atoms with Gasteiger partial charge in [-0.3, -0.25) is 9.80 Å². The van der Waals surface area contributed by atoms with Gasteiger partial charge in [-0.15, -0.1) is 0 Å². The van der Waals surface area contributed by atoms with Gasteiger partial charge in [-0.05, 0) is 174 Å². The Labute approximate surface area is 485 Å². The van der Waals surface area contributed by atoms with Crippen molar-refractivity contribution >= 4 is 40.7 Å². The van der Waals surface area contributed by atoms with Gasteiger partial charge in [-0.2, -0.15) is 0 Å². The Morgan fingerprint density at radius 3 is 1.44 bits per heavy atom. The van der Waals surface area contributed by atoms with Gasteiger partial charge in [-0.25, -0.2) is 19.2 Å². The Balaban J connectivity index is 0.000000318. The number of amides is 2. The van der Waals surface area contributed by atoms with Crippen LogP contribution in [0.3, 0.4) is 0 Å². The van der Waals surface area contributed by atoms with Gasteiger partial charge in [0.15, 0.2) is 0 Å². The van der Waals surface area contributed by atoms with Crippen molar-refractivity contribution in [2.75, 3.05) is 85.9 Å². The largest absolute Gasteiger partial charge is 1.00 e. The van der Waals surface area contributed by atoms with Gasteiger partial charge in [0.2, 0.25) is 0 Å². The molecule has 0 saturated carbocycles. The summed E-state index contributed by atoms with van der Waals surface area (Å²) >= 11 is 0. The zero-order valence-electron chi connectivity index (χ0n) is 49.7. The number of aliphatic hydroxyl groups is 1. The molecule has 3 fully saturated rings. The molecule has 428 valence electrons. The summed E-state index contributed by atoms with van der Waals surface area (Å²) in [7, 11) is 1.00. The first-order chi connectivity index (χ1) is 35.9. The number of aromatic nitrogens is 2.